The van der Waals surface area contributed by atoms with Gasteiger partial charge in [-0.25, -0.2) is 0 Å². The van der Waals surface area contributed by atoms with E-state index in [0.717, 1.165) is 29.1 Å². The highest BCUT2D eigenvalue weighted by Gasteiger charge is 2.06. The van der Waals surface area contributed by atoms with Gasteiger partial charge in [0.25, 0.3) is 0 Å². The molecule has 0 aliphatic rings. The standard InChI is InChI=1S/C18H18N2O/c1-13-17(8-5-11-19-13)20-12-14-9-10-18(21-2)16-7-4-3-6-15(14)16/h3-11,20H,12H2,1-2H3. The van der Waals surface area contributed by atoms with Crippen LogP contribution in [0.4, 0.5) is 5.69 Å². The normalized spacial score (nSPS) is 10.6. The summed E-state index contributed by atoms with van der Waals surface area (Å²) >= 11 is 0. The number of hydrogen-bond donors (Lipinski definition) is 1. The molecule has 0 aliphatic carbocycles. The van der Waals surface area contributed by atoms with Crippen LogP contribution in [0.25, 0.3) is 10.8 Å². The number of aryl methyl sites for hydroxylation is 1. The third-order valence-electron chi connectivity index (χ3n) is 3.67. The molecule has 3 aromatic rings. The average molecular weight is 278 g/mol. The Balaban J connectivity index is 1.93. The maximum atomic E-state index is 5.43. The molecule has 1 heterocycles. The number of nitrogens with one attached hydrogen (secondary N) is 1. The molecule has 0 radical (unpaired) electrons. The number of aromatic nitrogens is 1. The third-order valence-corrected chi connectivity index (χ3v) is 3.67. The molecule has 0 amide bonds. The quantitative estimate of drug-likeness (QED) is 0.778. The summed E-state index contributed by atoms with van der Waals surface area (Å²) in [5, 5.41) is 5.81. The average Bonchev–Trinajstić information content (AvgIpc) is 2.54. The first-order chi connectivity index (χ1) is 10.3. The molecule has 106 valence electrons. The van der Waals surface area contributed by atoms with Crippen molar-refractivity contribution in [2.45, 2.75) is 13.5 Å². The van der Waals surface area contributed by atoms with Gasteiger partial charge in [-0.3, -0.25) is 4.98 Å². The van der Waals surface area contributed by atoms with Crippen molar-refractivity contribution in [1.29, 1.82) is 0 Å². The number of methoxy groups -OCH3 is 1. The number of anilines is 1. The Morgan fingerprint density at radius 1 is 1.00 bits per heavy atom. The Labute approximate surface area is 124 Å². The molecule has 0 bridgehead atoms. The van der Waals surface area contributed by atoms with Crippen molar-refractivity contribution in [3.63, 3.8) is 0 Å². The zero-order chi connectivity index (χ0) is 14.7. The summed E-state index contributed by atoms with van der Waals surface area (Å²) in [6.45, 7) is 2.77. The zero-order valence-electron chi connectivity index (χ0n) is 12.3. The number of ether oxygens (including phenoxy) is 1. The van der Waals surface area contributed by atoms with Gasteiger partial charge in [-0.05, 0) is 36.1 Å². The predicted molar refractivity (Wildman–Crippen MR) is 86.8 cm³/mol. The molecular weight excluding hydrogens is 260 g/mol. The molecule has 2 aromatic carbocycles. The minimum Gasteiger partial charge on any atom is -0.496 e. The van der Waals surface area contributed by atoms with Crippen LogP contribution in [-0.4, -0.2) is 12.1 Å². The van der Waals surface area contributed by atoms with E-state index in [0.29, 0.717) is 0 Å². The van der Waals surface area contributed by atoms with Crippen molar-refractivity contribution < 1.29 is 4.74 Å². The number of fused-ring (bicyclic) bond motifs is 1. The number of rotatable bonds is 4. The molecule has 21 heavy (non-hydrogen) atoms. The van der Waals surface area contributed by atoms with Crippen LogP contribution >= 0.6 is 0 Å². The third kappa shape index (κ3) is 2.68. The lowest BCUT2D eigenvalue weighted by atomic mass is 10.0. The highest BCUT2D eigenvalue weighted by Crippen LogP contribution is 2.28. The molecule has 0 aliphatic heterocycles. The van der Waals surface area contributed by atoms with Gasteiger partial charge in [0.1, 0.15) is 5.75 Å². The van der Waals surface area contributed by atoms with Crippen molar-refractivity contribution in [2.24, 2.45) is 0 Å². The lowest BCUT2D eigenvalue weighted by molar-refractivity contribution is 0.419. The first-order valence-corrected chi connectivity index (χ1v) is 6.99. The summed E-state index contributed by atoms with van der Waals surface area (Å²) in [5.41, 5.74) is 3.32. The monoisotopic (exact) mass is 278 g/mol. The van der Waals surface area contributed by atoms with E-state index in [-0.39, 0.29) is 0 Å². The van der Waals surface area contributed by atoms with E-state index >= 15 is 0 Å². The van der Waals surface area contributed by atoms with Crippen LogP contribution in [0.5, 0.6) is 5.75 Å². The van der Waals surface area contributed by atoms with Crippen LogP contribution in [0.3, 0.4) is 0 Å². The van der Waals surface area contributed by atoms with Crippen LogP contribution in [0, 0.1) is 6.92 Å². The highest BCUT2D eigenvalue weighted by molar-refractivity contribution is 5.91. The number of pyridine rings is 1. The molecule has 0 saturated carbocycles. The SMILES string of the molecule is COc1ccc(CNc2cccnc2C)c2ccccc12. The van der Waals surface area contributed by atoms with Gasteiger partial charge in [0.15, 0.2) is 0 Å². The van der Waals surface area contributed by atoms with E-state index in [1.165, 1.54) is 10.9 Å². The van der Waals surface area contributed by atoms with Gasteiger partial charge >= 0.3 is 0 Å². The fourth-order valence-electron chi connectivity index (χ4n) is 2.53. The minimum absolute atomic E-state index is 0.761. The first kappa shape index (κ1) is 13.4. The van der Waals surface area contributed by atoms with E-state index in [2.05, 4.69) is 34.6 Å². The van der Waals surface area contributed by atoms with E-state index in [9.17, 15) is 0 Å². The molecule has 0 fully saturated rings. The largest absolute Gasteiger partial charge is 0.496 e. The fourth-order valence-corrected chi connectivity index (χ4v) is 2.53. The van der Waals surface area contributed by atoms with E-state index in [4.69, 9.17) is 4.74 Å². The van der Waals surface area contributed by atoms with Crippen LogP contribution in [0.1, 0.15) is 11.3 Å². The van der Waals surface area contributed by atoms with E-state index in [1.807, 2.05) is 37.4 Å². The summed E-state index contributed by atoms with van der Waals surface area (Å²) in [5.74, 6) is 0.909. The van der Waals surface area contributed by atoms with Crippen molar-refractivity contribution in [3.8, 4) is 5.75 Å². The molecule has 0 unspecified atom stereocenters. The first-order valence-electron chi connectivity index (χ1n) is 6.99. The summed E-state index contributed by atoms with van der Waals surface area (Å²) in [6.07, 6.45) is 1.81. The maximum absolute atomic E-state index is 5.43. The zero-order valence-corrected chi connectivity index (χ0v) is 12.3. The van der Waals surface area contributed by atoms with Gasteiger partial charge < -0.3 is 10.1 Å². The topological polar surface area (TPSA) is 34.1 Å². The smallest absolute Gasteiger partial charge is 0.126 e. The lowest BCUT2D eigenvalue weighted by Crippen LogP contribution is -2.02. The van der Waals surface area contributed by atoms with Gasteiger partial charge in [-0.15, -0.1) is 0 Å². The minimum atomic E-state index is 0.761. The van der Waals surface area contributed by atoms with Crippen molar-refractivity contribution >= 4 is 16.5 Å². The summed E-state index contributed by atoms with van der Waals surface area (Å²) in [7, 11) is 1.71. The summed E-state index contributed by atoms with van der Waals surface area (Å²) in [6, 6.07) is 16.4. The molecule has 0 saturated heterocycles. The molecule has 3 rings (SSSR count). The summed E-state index contributed by atoms with van der Waals surface area (Å²) < 4.78 is 5.43. The predicted octanol–water partition coefficient (Wildman–Crippen LogP) is 4.16. The Bertz CT molecular complexity index is 768. The van der Waals surface area contributed by atoms with Crippen molar-refractivity contribution in [1.82, 2.24) is 4.98 Å². The Morgan fingerprint density at radius 3 is 2.57 bits per heavy atom. The van der Waals surface area contributed by atoms with Gasteiger partial charge in [-0.1, -0.05) is 30.3 Å². The van der Waals surface area contributed by atoms with Crippen LogP contribution in [0.2, 0.25) is 0 Å². The lowest BCUT2D eigenvalue weighted by Gasteiger charge is -2.13. The molecule has 3 nitrogen and oxygen atoms in total. The highest BCUT2D eigenvalue weighted by atomic mass is 16.5. The van der Waals surface area contributed by atoms with Crippen molar-refractivity contribution in [3.05, 3.63) is 66.0 Å². The fraction of sp³-hybridized carbons (Fsp3) is 0.167. The van der Waals surface area contributed by atoms with Crippen LogP contribution < -0.4 is 10.1 Å². The van der Waals surface area contributed by atoms with Crippen molar-refractivity contribution in [2.75, 3.05) is 12.4 Å². The van der Waals surface area contributed by atoms with Crippen LogP contribution in [-0.2, 0) is 6.54 Å². The second kappa shape index (κ2) is 5.83. The molecule has 0 spiro atoms. The maximum Gasteiger partial charge on any atom is 0.126 e. The van der Waals surface area contributed by atoms with Gasteiger partial charge in [0.05, 0.1) is 18.5 Å². The molecule has 1 N–H and O–H groups in total. The Morgan fingerprint density at radius 2 is 1.81 bits per heavy atom. The van der Waals surface area contributed by atoms with Gasteiger partial charge in [0.2, 0.25) is 0 Å². The molecule has 1 aromatic heterocycles. The van der Waals surface area contributed by atoms with Gasteiger partial charge in [0, 0.05) is 18.1 Å². The number of nitrogens with zero attached hydrogens (tertiary/aromatic N) is 1. The second-order valence-electron chi connectivity index (χ2n) is 4.96. The number of benzene rings is 2. The van der Waals surface area contributed by atoms with E-state index in [1.54, 1.807) is 7.11 Å². The second-order valence-corrected chi connectivity index (χ2v) is 4.96. The van der Waals surface area contributed by atoms with Gasteiger partial charge in [-0.2, -0.15) is 0 Å². The number of hydrogen-bond acceptors (Lipinski definition) is 3. The Hall–Kier alpha value is -2.55. The molecule has 3 heteroatoms. The Kier molecular flexibility index (Phi) is 3.73. The van der Waals surface area contributed by atoms with Crippen LogP contribution in [0.15, 0.2) is 54.7 Å². The summed E-state index contributed by atoms with van der Waals surface area (Å²) in [4.78, 5) is 4.30. The molecular formula is C18H18N2O. The van der Waals surface area contributed by atoms with E-state index < -0.39 is 0 Å². The molecule has 0 atom stereocenters.